The van der Waals surface area contributed by atoms with Crippen LogP contribution in [0.2, 0.25) is 5.02 Å². The Morgan fingerprint density at radius 1 is 1.20 bits per heavy atom. The smallest absolute Gasteiger partial charge is 0.258 e. The molecule has 5 nitrogen and oxygen atoms in total. The topological polar surface area (TPSA) is 68.0 Å². The average Bonchev–Trinajstić information content (AvgIpc) is 3.11. The van der Waals surface area contributed by atoms with E-state index in [1.54, 1.807) is 12.1 Å². The minimum absolute atomic E-state index is 0.0530. The second-order valence-electron chi connectivity index (χ2n) is 5.62. The van der Waals surface area contributed by atoms with Crippen molar-refractivity contribution in [3.63, 3.8) is 0 Å². The summed E-state index contributed by atoms with van der Waals surface area (Å²) in [6, 6.07) is 16.9. The minimum Gasteiger partial charge on any atom is -0.348 e. The molecule has 0 fully saturated rings. The van der Waals surface area contributed by atoms with Gasteiger partial charge < -0.3 is 9.84 Å². The summed E-state index contributed by atoms with van der Waals surface area (Å²) in [5, 5.41) is 7.38. The fraction of sp³-hybridized carbons (Fsp3) is 0.211. The molecule has 0 saturated carbocycles. The van der Waals surface area contributed by atoms with Crippen LogP contribution < -0.4 is 5.32 Å². The van der Waals surface area contributed by atoms with Gasteiger partial charge in [0.2, 0.25) is 5.91 Å². The zero-order valence-corrected chi connectivity index (χ0v) is 14.5. The minimum atomic E-state index is -0.194. The second kappa shape index (κ2) is 7.94. The van der Waals surface area contributed by atoms with E-state index >= 15 is 0 Å². The summed E-state index contributed by atoms with van der Waals surface area (Å²) in [7, 11) is 0. The quantitative estimate of drug-likeness (QED) is 0.719. The average molecular weight is 356 g/mol. The second-order valence-corrected chi connectivity index (χ2v) is 6.05. The molecule has 3 aromatic rings. The van der Waals surface area contributed by atoms with Crippen LogP contribution in [0.4, 0.5) is 0 Å². The lowest BCUT2D eigenvalue weighted by Gasteiger charge is -2.14. The fourth-order valence-electron chi connectivity index (χ4n) is 2.61. The van der Waals surface area contributed by atoms with E-state index in [1.807, 2.05) is 49.4 Å². The third kappa shape index (κ3) is 4.25. The predicted octanol–water partition coefficient (Wildman–Crippen LogP) is 4.20. The van der Waals surface area contributed by atoms with Gasteiger partial charge in [-0.2, -0.15) is 4.98 Å². The zero-order valence-electron chi connectivity index (χ0n) is 13.8. The maximum absolute atomic E-state index is 12.5. The van der Waals surface area contributed by atoms with E-state index in [9.17, 15) is 4.79 Å². The standard InChI is InChI=1S/C19H18ClN3O2/c1-2-16(13-7-4-3-5-8-13)18(24)21-12-17-22-19(25-23-17)14-9-6-10-15(20)11-14/h3-11,16H,2,12H2,1H3,(H,21,24)/t16-/m0/s1. The Morgan fingerprint density at radius 3 is 2.72 bits per heavy atom. The Hall–Kier alpha value is -2.66. The molecule has 1 N–H and O–H groups in total. The number of carbonyl (C=O) groups is 1. The first-order chi connectivity index (χ1) is 12.2. The normalized spacial score (nSPS) is 11.9. The lowest BCUT2D eigenvalue weighted by molar-refractivity contribution is -0.122. The molecule has 1 aromatic heterocycles. The molecule has 1 amide bonds. The number of aromatic nitrogens is 2. The van der Waals surface area contributed by atoms with Crippen molar-refractivity contribution >= 4 is 17.5 Å². The molecule has 0 unspecified atom stereocenters. The van der Waals surface area contributed by atoms with Crippen LogP contribution in [0.3, 0.4) is 0 Å². The lowest BCUT2D eigenvalue weighted by atomic mass is 9.96. The number of nitrogens with zero attached hydrogens (tertiary/aromatic N) is 2. The number of nitrogens with one attached hydrogen (secondary N) is 1. The SMILES string of the molecule is CC[C@H](C(=O)NCc1noc(-c2cccc(Cl)c2)n1)c1ccccc1. The Balaban J connectivity index is 1.65. The first kappa shape index (κ1) is 17.2. The van der Waals surface area contributed by atoms with Gasteiger partial charge >= 0.3 is 0 Å². The highest BCUT2D eigenvalue weighted by molar-refractivity contribution is 6.30. The number of amides is 1. The van der Waals surface area contributed by atoms with E-state index in [0.29, 0.717) is 16.7 Å². The zero-order chi connectivity index (χ0) is 17.6. The molecular weight excluding hydrogens is 338 g/mol. The molecule has 0 aliphatic carbocycles. The van der Waals surface area contributed by atoms with Gasteiger partial charge in [-0.15, -0.1) is 0 Å². The van der Waals surface area contributed by atoms with Gasteiger partial charge in [0, 0.05) is 10.6 Å². The van der Waals surface area contributed by atoms with Crippen LogP contribution in [-0.4, -0.2) is 16.0 Å². The highest BCUT2D eigenvalue weighted by Crippen LogP contribution is 2.21. The fourth-order valence-corrected chi connectivity index (χ4v) is 2.80. The molecule has 0 radical (unpaired) electrons. The molecule has 0 aliphatic heterocycles. The van der Waals surface area contributed by atoms with E-state index in [1.165, 1.54) is 0 Å². The monoisotopic (exact) mass is 355 g/mol. The van der Waals surface area contributed by atoms with Crippen LogP contribution >= 0.6 is 11.6 Å². The number of hydrogen-bond donors (Lipinski definition) is 1. The maximum atomic E-state index is 12.5. The van der Waals surface area contributed by atoms with Crippen LogP contribution in [0.15, 0.2) is 59.1 Å². The van der Waals surface area contributed by atoms with Crippen molar-refractivity contribution in [2.75, 3.05) is 0 Å². The molecular formula is C19H18ClN3O2. The first-order valence-electron chi connectivity index (χ1n) is 8.08. The van der Waals surface area contributed by atoms with Crippen molar-refractivity contribution in [2.45, 2.75) is 25.8 Å². The van der Waals surface area contributed by atoms with Gasteiger partial charge in [0.25, 0.3) is 5.89 Å². The van der Waals surface area contributed by atoms with Crippen LogP contribution in [0.25, 0.3) is 11.5 Å². The van der Waals surface area contributed by atoms with Gasteiger partial charge in [0.05, 0.1) is 12.5 Å². The Labute approximate surface area is 151 Å². The largest absolute Gasteiger partial charge is 0.348 e. The van der Waals surface area contributed by atoms with Crippen LogP contribution in [0.1, 0.15) is 30.7 Å². The Morgan fingerprint density at radius 2 is 2.00 bits per heavy atom. The summed E-state index contributed by atoms with van der Waals surface area (Å²) in [6.45, 7) is 2.20. The van der Waals surface area contributed by atoms with Crippen molar-refractivity contribution in [1.82, 2.24) is 15.5 Å². The molecule has 6 heteroatoms. The highest BCUT2D eigenvalue weighted by atomic mass is 35.5. The number of rotatable bonds is 6. The molecule has 0 aliphatic rings. The summed E-state index contributed by atoms with van der Waals surface area (Å²) in [5.74, 6) is 0.552. The van der Waals surface area contributed by atoms with Gasteiger partial charge in [-0.1, -0.05) is 60.1 Å². The predicted molar refractivity (Wildman–Crippen MR) is 96.1 cm³/mol. The van der Waals surface area contributed by atoms with Crippen LogP contribution in [0, 0.1) is 0 Å². The summed E-state index contributed by atoms with van der Waals surface area (Å²) in [5.41, 5.74) is 1.74. The molecule has 3 rings (SSSR count). The molecule has 0 spiro atoms. The summed E-state index contributed by atoms with van der Waals surface area (Å²) in [4.78, 5) is 16.8. The van der Waals surface area contributed by atoms with E-state index in [0.717, 1.165) is 17.5 Å². The van der Waals surface area contributed by atoms with E-state index < -0.39 is 0 Å². The Bertz CT molecular complexity index is 849. The molecule has 25 heavy (non-hydrogen) atoms. The van der Waals surface area contributed by atoms with E-state index in [2.05, 4.69) is 15.5 Å². The number of benzene rings is 2. The molecule has 0 bridgehead atoms. The third-order valence-corrected chi connectivity index (χ3v) is 4.12. The highest BCUT2D eigenvalue weighted by Gasteiger charge is 2.19. The number of halogens is 1. The molecule has 1 heterocycles. The van der Waals surface area contributed by atoms with Crippen molar-refractivity contribution in [3.05, 3.63) is 71.0 Å². The van der Waals surface area contributed by atoms with Gasteiger partial charge in [-0.25, -0.2) is 0 Å². The van der Waals surface area contributed by atoms with E-state index in [-0.39, 0.29) is 18.4 Å². The number of carbonyl (C=O) groups excluding carboxylic acids is 1. The van der Waals surface area contributed by atoms with Crippen molar-refractivity contribution in [3.8, 4) is 11.5 Å². The summed E-state index contributed by atoms with van der Waals surface area (Å²) < 4.78 is 5.24. The van der Waals surface area contributed by atoms with Crippen molar-refractivity contribution in [2.24, 2.45) is 0 Å². The van der Waals surface area contributed by atoms with Crippen molar-refractivity contribution < 1.29 is 9.32 Å². The Kier molecular flexibility index (Phi) is 5.46. The third-order valence-electron chi connectivity index (χ3n) is 3.89. The molecule has 128 valence electrons. The van der Waals surface area contributed by atoms with Gasteiger partial charge in [0.1, 0.15) is 0 Å². The first-order valence-corrected chi connectivity index (χ1v) is 8.46. The van der Waals surface area contributed by atoms with Crippen LogP contribution in [-0.2, 0) is 11.3 Å². The number of hydrogen-bond acceptors (Lipinski definition) is 4. The molecule has 0 saturated heterocycles. The van der Waals surface area contributed by atoms with E-state index in [4.69, 9.17) is 16.1 Å². The van der Waals surface area contributed by atoms with Gasteiger partial charge in [0.15, 0.2) is 5.82 Å². The summed E-state index contributed by atoms with van der Waals surface area (Å²) >= 11 is 5.97. The van der Waals surface area contributed by atoms with Gasteiger partial charge in [-0.3, -0.25) is 4.79 Å². The maximum Gasteiger partial charge on any atom is 0.258 e. The van der Waals surface area contributed by atoms with Gasteiger partial charge in [-0.05, 0) is 30.2 Å². The lowest BCUT2D eigenvalue weighted by Crippen LogP contribution is -2.29. The van der Waals surface area contributed by atoms with Crippen LogP contribution in [0.5, 0.6) is 0 Å². The summed E-state index contributed by atoms with van der Waals surface area (Å²) in [6.07, 6.45) is 0.718. The molecule has 1 atom stereocenters. The van der Waals surface area contributed by atoms with Crippen molar-refractivity contribution in [1.29, 1.82) is 0 Å². The molecule has 2 aromatic carbocycles.